The van der Waals surface area contributed by atoms with Crippen molar-refractivity contribution in [2.75, 3.05) is 33.7 Å². The van der Waals surface area contributed by atoms with Gasteiger partial charge in [0.1, 0.15) is 0 Å². The average Bonchev–Trinajstić information content (AvgIpc) is 2.32. The normalized spacial score (nSPS) is 11.2. The van der Waals surface area contributed by atoms with Gasteiger partial charge in [0, 0.05) is 19.6 Å². The molecule has 0 aromatic heterocycles. The summed E-state index contributed by atoms with van der Waals surface area (Å²) in [5.74, 6) is 0. The first kappa shape index (κ1) is 14.2. The van der Waals surface area contributed by atoms with Crippen LogP contribution in [0.4, 0.5) is 0 Å². The van der Waals surface area contributed by atoms with E-state index in [1.165, 1.54) is 22.3 Å². The van der Waals surface area contributed by atoms with Crippen molar-refractivity contribution in [2.24, 2.45) is 0 Å². The SMILES string of the molecule is CNCCN(C)CCc1ccc(C)c(C)c1C. The zero-order valence-corrected chi connectivity index (χ0v) is 11.9. The molecule has 0 aliphatic rings. The molecule has 0 spiro atoms. The summed E-state index contributed by atoms with van der Waals surface area (Å²) < 4.78 is 0. The second-order valence-corrected chi connectivity index (χ2v) is 4.95. The van der Waals surface area contributed by atoms with E-state index < -0.39 is 0 Å². The lowest BCUT2D eigenvalue weighted by Gasteiger charge is -2.18. The molecule has 1 aromatic rings. The van der Waals surface area contributed by atoms with Gasteiger partial charge in [0.15, 0.2) is 0 Å². The maximum Gasteiger partial charge on any atom is 0.0104 e. The molecular formula is C15H26N2. The highest BCUT2D eigenvalue weighted by Gasteiger charge is 2.05. The van der Waals surface area contributed by atoms with Crippen LogP contribution in [-0.4, -0.2) is 38.6 Å². The maximum atomic E-state index is 3.18. The van der Waals surface area contributed by atoms with Gasteiger partial charge in [-0.25, -0.2) is 0 Å². The zero-order valence-electron chi connectivity index (χ0n) is 11.9. The Bertz CT molecular complexity index is 358. The number of aryl methyl sites for hydroxylation is 1. The lowest BCUT2D eigenvalue weighted by Crippen LogP contribution is -2.29. The number of benzene rings is 1. The highest BCUT2D eigenvalue weighted by molar-refractivity contribution is 5.38. The van der Waals surface area contributed by atoms with Gasteiger partial charge < -0.3 is 10.2 Å². The van der Waals surface area contributed by atoms with Crippen LogP contribution in [0.15, 0.2) is 12.1 Å². The molecule has 1 rings (SSSR count). The van der Waals surface area contributed by atoms with E-state index in [0.717, 1.165) is 26.1 Å². The molecular weight excluding hydrogens is 208 g/mol. The summed E-state index contributed by atoms with van der Waals surface area (Å²) in [6, 6.07) is 4.52. The molecule has 0 aliphatic heterocycles. The fourth-order valence-corrected chi connectivity index (χ4v) is 2.01. The Labute approximate surface area is 106 Å². The molecule has 0 saturated heterocycles. The molecule has 2 nitrogen and oxygen atoms in total. The lowest BCUT2D eigenvalue weighted by atomic mass is 9.97. The van der Waals surface area contributed by atoms with E-state index in [1.54, 1.807) is 0 Å². The van der Waals surface area contributed by atoms with Crippen molar-refractivity contribution in [3.63, 3.8) is 0 Å². The predicted molar refractivity (Wildman–Crippen MR) is 75.8 cm³/mol. The summed E-state index contributed by atoms with van der Waals surface area (Å²) in [4.78, 5) is 2.38. The number of hydrogen-bond acceptors (Lipinski definition) is 2. The molecule has 2 heteroatoms. The van der Waals surface area contributed by atoms with Gasteiger partial charge in [-0.3, -0.25) is 0 Å². The van der Waals surface area contributed by atoms with Crippen LogP contribution in [0.25, 0.3) is 0 Å². The van der Waals surface area contributed by atoms with E-state index in [-0.39, 0.29) is 0 Å². The minimum atomic E-state index is 1.06. The van der Waals surface area contributed by atoms with Gasteiger partial charge in [-0.2, -0.15) is 0 Å². The molecule has 0 amide bonds. The van der Waals surface area contributed by atoms with Crippen LogP contribution >= 0.6 is 0 Å². The summed E-state index contributed by atoms with van der Waals surface area (Å²) >= 11 is 0. The molecule has 96 valence electrons. The van der Waals surface area contributed by atoms with Gasteiger partial charge in [-0.05, 0) is 63.5 Å². The molecule has 0 atom stereocenters. The Hall–Kier alpha value is -0.860. The topological polar surface area (TPSA) is 15.3 Å². The first-order chi connectivity index (χ1) is 8.06. The largest absolute Gasteiger partial charge is 0.318 e. The minimum absolute atomic E-state index is 1.06. The van der Waals surface area contributed by atoms with Crippen LogP contribution in [0, 0.1) is 20.8 Å². The van der Waals surface area contributed by atoms with Crippen molar-refractivity contribution < 1.29 is 0 Å². The molecule has 0 fully saturated rings. The highest BCUT2D eigenvalue weighted by atomic mass is 15.1. The van der Waals surface area contributed by atoms with E-state index in [1.807, 2.05) is 7.05 Å². The van der Waals surface area contributed by atoms with Crippen LogP contribution in [0.3, 0.4) is 0 Å². The first-order valence-corrected chi connectivity index (χ1v) is 6.45. The fourth-order valence-electron chi connectivity index (χ4n) is 2.01. The van der Waals surface area contributed by atoms with Crippen LogP contribution in [0.2, 0.25) is 0 Å². The van der Waals surface area contributed by atoms with Crippen LogP contribution in [-0.2, 0) is 6.42 Å². The third kappa shape index (κ3) is 4.14. The smallest absolute Gasteiger partial charge is 0.0104 e. The molecule has 1 N–H and O–H groups in total. The number of nitrogens with one attached hydrogen (secondary N) is 1. The Balaban J connectivity index is 2.55. The zero-order chi connectivity index (χ0) is 12.8. The molecule has 0 aliphatic carbocycles. The van der Waals surface area contributed by atoms with E-state index in [2.05, 4.69) is 50.2 Å². The second-order valence-electron chi connectivity index (χ2n) is 4.95. The van der Waals surface area contributed by atoms with Crippen LogP contribution in [0.5, 0.6) is 0 Å². The summed E-state index contributed by atoms with van der Waals surface area (Å²) in [6.07, 6.45) is 1.15. The van der Waals surface area contributed by atoms with Gasteiger partial charge >= 0.3 is 0 Å². The summed E-state index contributed by atoms with van der Waals surface area (Å²) in [7, 11) is 4.19. The number of likely N-dealkylation sites (N-methyl/N-ethyl adjacent to an activating group) is 2. The Morgan fingerprint density at radius 2 is 1.76 bits per heavy atom. The molecule has 1 aromatic carbocycles. The number of rotatable bonds is 6. The van der Waals surface area contributed by atoms with Gasteiger partial charge in [-0.15, -0.1) is 0 Å². The van der Waals surface area contributed by atoms with E-state index in [9.17, 15) is 0 Å². The Kier molecular flexibility index (Phi) is 5.66. The average molecular weight is 234 g/mol. The van der Waals surface area contributed by atoms with Gasteiger partial charge in [0.05, 0.1) is 0 Å². The Morgan fingerprint density at radius 3 is 2.41 bits per heavy atom. The van der Waals surface area contributed by atoms with Crippen molar-refractivity contribution in [1.29, 1.82) is 0 Å². The van der Waals surface area contributed by atoms with E-state index >= 15 is 0 Å². The van der Waals surface area contributed by atoms with Crippen LogP contribution in [0.1, 0.15) is 22.3 Å². The van der Waals surface area contributed by atoms with Crippen molar-refractivity contribution >= 4 is 0 Å². The van der Waals surface area contributed by atoms with E-state index in [4.69, 9.17) is 0 Å². The monoisotopic (exact) mass is 234 g/mol. The van der Waals surface area contributed by atoms with Crippen molar-refractivity contribution in [2.45, 2.75) is 27.2 Å². The van der Waals surface area contributed by atoms with Crippen molar-refractivity contribution in [1.82, 2.24) is 10.2 Å². The second kappa shape index (κ2) is 6.77. The van der Waals surface area contributed by atoms with Gasteiger partial charge in [-0.1, -0.05) is 12.1 Å². The molecule has 17 heavy (non-hydrogen) atoms. The molecule has 0 radical (unpaired) electrons. The van der Waals surface area contributed by atoms with Gasteiger partial charge in [0.25, 0.3) is 0 Å². The predicted octanol–water partition coefficient (Wildman–Crippen LogP) is 2.31. The quantitative estimate of drug-likeness (QED) is 0.812. The van der Waals surface area contributed by atoms with Crippen molar-refractivity contribution in [3.05, 3.63) is 34.4 Å². The standard InChI is InChI=1S/C15H26N2/c1-12-6-7-15(14(3)13(12)2)8-10-17(5)11-9-16-4/h6-7,16H,8-11H2,1-5H3. The maximum absolute atomic E-state index is 3.18. The summed E-state index contributed by atoms with van der Waals surface area (Å²) in [6.45, 7) is 9.95. The molecule has 0 heterocycles. The van der Waals surface area contributed by atoms with E-state index in [0.29, 0.717) is 0 Å². The third-order valence-electron chi connectivity index (χ3n) is 3.68. The highest BCUT2D eigenvalue weighted by Crippen LogP contribution is 2.17. The molecule has 0 saturated carbocycles. The summed E-state index contributed by atoms with van der Waals surface area (Å²) in [5.41, 5.74) is 5.80. The third-order valence-corrected chi connectivity index (χ3v) is 3.68. The lowest BCUT2D eigenvalue weighted by molar-refractivity contribution is 0.339. The number of nitrogens with zero attached hydrogens (tertiary/aromatic N) is 1. The number of hydrogen-bond donors (Lipinski definition) is 1. The van der Waals surface area contributed by atoms with Crippen molar-refractivity contribution in [3.8, 4) is 0 Å². The Morgan fingerprint density at radius 1 is 1.06 bits per heavy atom. The first-order valence-electron chi connectivity index (χ1n) is 6.45. The molecule has 0 bridgehead atoms. The van der Waals surface area contributed by atoms with Gasteiger partial charge in [0.2, 0.25) is 0 Å². The molecule has 0 unspecified atom stereocenters. The minimum Gasteiger partial charge on any atom is -0.318 e. The van der Waals surface area contributed by atoms with Crippen LogP contribution < -0.4 is 5.32 Å². The summed E-state index contributed by atoms with van der Waals surface area (Å²) in [5, 5.41) is 3.18. The fraction of sp³-hybridized carbons (Fsp3) is 0.600.